The molecule has 0 saturated heterocycles. The fourth-order valence-corrected chi connectivity index (χ4v) is 3.89. The van der Waals surface area contributed by atoms with Crippen LogP contribution in [-0.4, -0.2) is 27.6 Å². The summed E-state index contributed by atoms with van der Waals surface area (Å²) >= 11 is 4.92. The van der Waals surface area contributed by atoms with E-state index in [4.69, 9.17) is 10.5 Å². The van der Waals surface area contributed by atoms with E-state index in [2.05, 4.69) is 31.3 Å². The van der Waals surface area contributed by atoms with Gasteiger partial charge >= 0.3 is 0 Å². The number of nitrogens with zero attached hydrogens (tertiary/aromatic N) is 3. The number of nitrogens with one attached hydrogen (secondary N) is 1. The second-order valence-corrected chi connectivity index (χ2v) is 7.87. The topological polar surface area (TPSA) is 94.5 Å². The van der Waals surface area contributed by atoms with E-state index in [-0.39, 0.29) is 5.91 Å². The molecule has 0 fully saturated rings. The van der Waals surface area contributed by atoms with Gasteiger partial charge in [-0.2, -0.15) is 4.52 Å². The molecule has 28 heavy (non-hydrogen) atoms. The fraction of sp³-hybridized carbons (Fsp3) is 0.105. The molecule has 3 aromatic heterocycles. The van der Waals surface area contributed by atoms with Gasteiger partial charge in [-0.25, -0.2) is 4.98 Å². The van der Waals surface area contributed by atoms with E-state index in [1.165, 1.54) is 15.9 Å². The van der Waals surface area contributed by atoms with Crippen molar-refractivity contribution in [2.24, 2.45) is 0 Å². The first-order chi connectivity index (χ1) is 13.5. The second-order valence-electron chi connectivity index (χ2n) is 5.97. The van der Waals surface area contributed by atoms with Crippen LogP contribution in [0.1, 0.15) is 15.9 Å². The predicted molar refractivity (Wildman–Crippen MR) is 113 cm³/mol. The molecule has 142 valence electrons. The van der Waals surface area contributed by atoms with Crippen molar-refractivity contribution < 1.29 is 9.53 Å². The minimum Gasteiger partial charge on any atom is -0.487 e. The molecular weight excluding hydrogens is 442 g/mol. The molecule has 0 aliphatic heterocycles. The zero-order chi connectivity index (χ0) is 19.7. The summed E-state index contributed by atoms with van der Waals surface area (Å²) < 4.78 is 7.67. The Bertz CT molecular complexity index is 1170. The Kier molecular flexibility index (Phi) is 5.01. The van der Waals surface area contributed by atoms with Crippen LogP contribution in [0, 0.1) is 0 Å². The molecule has 0 unspecified atom stereocenters. The van der Waals surface area contributed by atoms with Crippen molar-refractivity contribution in [3.05, 3.63) is 64.1 Å². The summed E-state index contributed by atoms with van der Waals surface area (Å²) in [7, 11) is 1.61. The number of halogens is 1. The third-order valence-corrected chi connectivity index (χ3v) is 5.94. The third kappa shape index (κ3) is 3.58. The largest absolute Gasteiger partial charge is 0.487 e. The summed E-state index contributed by atoms with van der Waals surface area (Å²) in [4.78, 5) is 18.0. The molecule has 1 aromatic carbocycles. The maximum atomic E-state index is 12.6. The van der Waals surface area contributed by atoms with Crippen LogP contribution in [0.15, 0.2) is 53.0 Å². The molecule has 0 saturated carbocycles. The van der Waals surface area contributed by atoms with Gasteiger partial charge in [0, 0.05) is 16.6 Å². The van der Waals surface area contributed by atoms with E-state index in [0.717, 1.165) is 20.0 Å². The molecule has 7 nitrogen and oxygen atoms in total. The van der Waals surface area contributed by atoms with Crippen molar-refractivity contribution in [1.82, 2.24) is 19.9 Å². The van der Waals surface area contributed by atoms with E-state index in [1.54, 1.807) is 19.2 Å². The summed E-state index contributed by atoms with van der Waals surface area (Å²) in [6.45, 7) is 0.401. The molecule has 0 radical (unpaired) electrons. The highest BCUT2D eigenvalue weighted by Crippen LogP contribution is 2.31. The molecule has 3 heterocycles. The normalized spacial score (nSPS) is 10.9. The number of pyridine rings is 1. The summed E-state index contributed by atoms with van der Waals surface area (Å²) in [5.41, 5.74) is 8.03. The molecule has 3 N–H and O–H groups in total. The number of aromatic nitrogens is 3. The number of benzene rings is 1. The van der Waals surface area contributed by atoms with Crippen molar-refractivity contribution in [3.63, 3.8) is 0 Å². The summed E-state index contributed by atoms with van der Waals surface area (Å²) in [6, 6.07) is 14.7. The molecular formula is C19H16BrN5O2S. The number of anilines is 1. The zero-order valence-electron chi connectivity index (χ0n) is 14.8. The first kappa shape index (κ1) is 18.5. The molecule has 0 bridgehead atoms. The van der Waals surface area contributed by atoms with Crippen molar-refractivity contribution in [2.75, 3.05) is 12.8 Å². The average Bonchev–Trinajstić information content (AvgIpc) is 3.34. The molecule has 9 heteroatoms. The maximum Gasteiger partial charge on any atom is 0.251 e. The van der Waals surface area contributed by atoms with Crippen molar-refractivity contribution in [2.45, 2.75) is 6.54 Å². The van der Waals surface area contributed by atoms with Crippen LogP contribution in [0.2, 0.25) is 0 Å². The number of fused-ring (bicyclic) bond motifs is 1. The fourth-order valence-electron chi connectivity index (χ4n) is 2.71. The molecule has 4 aromatic rings. The number of carbonyl (C=O) groups is 1. The van der Waals surface area contributed by atoms with E-state index >= 15 is 0 Å². The number of hydrogen-bond acceptors (Lipinski definition) is 6. The van der Waals surface area contributed by atoms with Gasteiger partial charge in [-0.15, -0.1) is 5.10 Å². The Labute approximate surface area is 173 Å². The Balaban J connectivity index is 1.59. The number of ether oxygens (including phenoxy) is 1. The van der Waals surface area contributed by atoms with Crippen LogP contribution in [0.25, 0.3) is 16.3 Å². The Morgan fingerprint density at radius 2 is 2.11 bits per heavy atom. The number of amides is 1. The van der Waals surface area contributed by atoms with Crippen LogP contribution in [-0.2, 0) is 6.54 Å². The Hall–Kier alpha value is -2.91. The molecule has 0 spiro atoms. The Morgan fingerprint density at radius 3 is 2.86 bits per heavy atom. The quantitative estimate of drug-likeness (QED) is 0.475. The second kappa shape index (κ2) is 7.61. The lowest BCUT2D eigenvalue weighted by Gasteiger charge is -2.08. The van der Waals surface area contributed by atoms with Gasteiger partial charge in [0.2, 0.25) is 0 Å². The molecule has 1 amide bonds. The van der Waals surface area contributed by atoms with Gasteiger partial charge in [0.25, 0.3) is 5.91 Å². The number of rotatable bonds is 5. The third-order valence-electron chi connectivity index (χ3n) is 4.13. The van der Waals surface area contributed by atoms with Crippen molar-refractivity contribution in [1.29, 1.82) is 0 Å². The number of carbonyl (C=O) groups excluding carboxylic acids is 1. The lowest BCUT2D eigenvalue weighted by Crippen LogP contribution is -2.23. The van der Waals surface area contributed by atoms with Crippen molar-refractivity contribution >= 4 is 44.6 Å². The minimum absolute atomic E-state index is 0.229. The first-order valence-electron chi connectivity index (χ1n) is 8.37. The highest BCUT2D eigenvalue weighted by atomic mass is 79.9. The van der Waals surface area contributed by atoms with Crippen LogP contribution in [0.4, 0.5) is 5.82 Å². The predicted octanol–water partition coefficient (Wildman–Crippen LogP) is 3.74. The smallest absolute Gasteiger partial charge is 0.251 e. The van der Waals surface area contributed by atoms with Crippen LogP contribution >= 0.6 is 27.3 Å². The van der Waals surface area contributed by atoms with E-state index in [0.29, 0.717) is 29.4 Å². The van der Waals surface area contributed by atoms with Gasteiger partial charge in [0.1, 0.15) is 5.82 Å². The number of thiophene rings is 1. The lowest BCUT2D eigenvalue weighted by molar-refractivity contribution is 0.0951. The SMILES string of the molecule is COc1ccc(-c2nc3cc(C(=O)NCc4ccccc4Br)cc(N)n3n2)s1. The lowest BCUT2D eigenvalue weighted by atomic mass is 10.2. The minimum atomic E-state index is -0.229. The number of nitrogens with two attached hydrogens (primary N) is 1. The monoisotopic (exact) mass is 457 g/mol. The number of nitrogen functional groups attached to an aromatic ring is 1. The van der Waals surface area contributed by atoms with Gasteiger partial charge < -0.3 is 15.8 Å². The van der Waals surface area contributed by atoms with Crippen LogP contribution < -0.4 is 15.8 Å². The zero-order valence-corrected chi connectivity index (χ0v) is 17.3. The number of hydrogen-bond donors (Lipinski definition) is 2. The van der Waals surface area contributed by atoms with Gasteiger partial charge in [0.05, 0.1) is 12.0 Å². The molecule has 0 atom stereocenters. The average molecular weight is 458 g/mol. The summed E-state index contributed by atoms with van der Waals surface area (Å²) in [5.74, 6) is 0.642. The van der Waals surface area contributed by atoms with Gasteiger partial charge in [0.15, 0.2) is 16.5 Å². The molecule has 0 aliphatic rings. The highest BCUT2D eigenvalue weighted by Gasteiger charge is 2.15. The highest BCUT2D eigenvalue weighted by molar-refractivity contribution is 9.10. The van der Waals surface area contributed by atoms with Crippen LogP contribution in [0.5, 0.6) is 5.06 Å². The number of methoxy groups -OCH3 is 1. The Morgan fingerprint density at radius 1 is 1.29 bits per heavy atom. The van der Waals surface area contributed by atoms with Gasteiger partial charge in [-0.05, 0) is 35.9 Å². The van der Waals surface area contributed by atoms with E-state index in [1.807, 2.05) is 36.4 Å². The van der Waals surface area contributed by atoms with Crippen LogP contribution in [0.3, 0.4) is 0 Å². The van der Waals surface area contributed by atoms with Gasteiger partial charge in [-0.3, -0.25) is 4.79 Å². The van der Waals surface area contributed by atoms with E-state index < -0.39 is 0 Å². The van der Waals surface area contributed by atoms with Crippen molar-refractivity contribution in [3.8, 4) is 15.8 Å². The summed E-state index contributed by atoms with van der Waals surface area (Å²) in [6.07, 6.45) is 0. The summed E-state index contributed by atoms with van der Waals surface area (Å²) in [5, 5.41) is 8.11. The first-order valence-corrected chi connectivity index (χ1v) is 9.98. The van der Waals surface area contributed by atoms with E-state index in [9.17, 15) is 4.79 Å². The molecule has 4 rings (SSSR count). The standard InChI is InChI=1S/C19H16BrN5O2S/c1-27-17-7-6-14(28-17)18-23-16-9-12(8-15(21)25(16)24-18)19(26)22-10-11-4-2-3-5-13(11)20/h2-9H,10,21H2,1H3,(H,22,26). The molecule has 0 aliphatic carbocycles. The van der Waals surface area contributed by atoms with Gasteiger partial charge in [-0.1, -0.05) is 45.5 Å². The maximum absolute atomic E-state index is 12.6.